The van der Waals surface area contributed by atoms with Gasteiger partial charge in [0.25, 0.3) is 0 Å². The van der Waals surface area contributed by atoms with Gasteiger partial charge in [0.05, 0.1) is 26.9 Å². The molecule has 1 aromatic carbocycles. The quantitative estimate of drug-likeness (QED) is 0.349. The van der Waals surface area contributed by atoms with Crippen LogP contribution in [0.25, 0.3) is 0 Å². The van der Waals surface area contributed by atoms with Gasteiger partial charge in [-0.15, -0.1) is 5.10 Å². The van der Waals surface area contributed by atoms with Gasteiger partial charge in [0.1, 0.15) is 0 Å². The Morgan fingerprint density at radius 2 is 1.93 bits per heavy atom. The molecule has 0 aliphatic heterocycles. The Kier molecular flexibility index (Phi) is 3.79. The first-order chi connectivity index (χ1) is 7.28. The van der Waals surface area contributed by atoms with Gasteiger partial charge in [0, 0.05) is 0 Å². The summed E-state index contributed by atoms with van der Waals surface area (Å²) in [6, 6.07) is 5.38. The van der Waals surface area contributed by atoms with E-state index in [0.717, 1.165) is 0 Å². The number of hydrazone groups is 1. The van der Waals surface area contributed by atoms with Crippen molar-refractivity contribution in [2.24, 2.45) is 10.9 Å². The van der Waals surface area contributed by atoms with Crippen LogP contribution < -0.4 is 15.3 Å². The van der Waals surface area contributed by atoms with Crippen LogP contribution in [0.4, 0.5) is 0 Å². The molecule has 5 heteroatoms. The van der Waals surface area contributed by atoms with E-state index in [1.54, 1.807) is 32.4 Å². The maximum Gasteiger partial charge on any atom is 0.241 e. The number of nitrogens with two attached hydrogens (primary N) is 1. The number of benzene rings is 1. The SMILES string of the molecule is COC(=NN)c1cccc(OC)c1OC. The standard InChI is InChI=1S/C10H14N2O3/c1-13-8-6-4-5-7(9(8)14-2)10(12-11)15-3/h4-6H,11H2,1-3H3. The van der Waals surface area contributed by atoms with Gasteiger partial charge in [-0.2, -0.15) is 0 Å². The van der Waals surface area contributed by atoms with Crippen LogP contribution in [0.1, 0.15) is 5.56 Å². The molecule has 0 aliphatic carbocycles. The number of ether oxygens (including phenoxy) is 3. The Morgan fingerprint density at radius 1 is 1.20 bits per heavy atom. The zero-order chi connectivity index (χ0) is 11.3. The van der Waals surface area contributed by atoms with Gasteiger partial charge in [0.2, 0.25) is 5.90 Å². The van der Waals surface area contributed by atoms with E-state index in [4.69, 9.17) is 20.1 Å². The molecule has 0 radical (unpaired) electrons. The average Bonchev–Trinajstić information content (AvgIpc) is 2.30. The summed E-state index contributed by atoms with van der Waals surface area (Å²) in [5.41, 5.74) is 0.654. The molecule has 0 atom stereocenters. The van der Waals surface area contributed by atoms with Crippen molar-refractivity contribution in [2.75, 3.05) is 21.3 Å². The topological polar surface area (TPSA) is 66.1 Å². The van der Waals surface area contributed by atoms with Gasteiger partial charge in [-0.1, -0.05) is 6.07 Å². The van der Waals surface area contributed by atoms with Crippen LogP contribution in [0, 0.1) is 0 Å². The summed E-state index contributed by atoms with van der Waals surface area (Å²) < 4.78 is 15.4. The summed E-state index contributed by atoms with van der Waals surface area (Å²) in [6.45, 7) is 0. The highest BCUT2D eigenvalue weighted by atomic mass is 16.5. The molecule has 15 heavy (non-hydrogen) atoms. The highest BCUT2D eigenvalue weighted by Gasteiger charge is 2.14. The predicted molar refractivity (Wildman–Crippen MR) is 57.3 cm³/mol. The lowest BCUT2D eigenvalue weighted by Gasteiger charge is -2.12. The molecule has 82 valence electrons. The van der Waals surface area contributed by atoms with E-state index < -0.39 is 0 Å². The minimum absolute atomic E-state index is 0.297. The summed E-state index contributed by atoms with van der Waals surface area (Å²) in [7, 11) is 4.60. The van der Waals surface area contributed by atoms with Gasteiger partial charge in [-0.05, 0) is 12.1 Å². The monoisotopic (exact) mass is 210 g/mol. The molecule has 0 spiro atoms. The Hall–Kier alpha value is -1.91. The third kappa shape index (κ3) is 2.12. The molecule has 1 rings (SSSR count). The van der Waals surface area contributed by atoms with E-state index >= 15 is 0 Å². The van der Waals surface area contributed by atoms with Gasteiger partial charge < -0.3 is 20.1 Å². The molecular weight excluding hydrogens is 196 g/mol. The number of hydrogen-bond acceptors (Lipinski definition) is 5. The summed E-state index contributed by atoms with van der Waals surface area (Å²) in [4.78, 5) is 0. The van der Waals surface area contributed by atoms with E-state index in [0.29, 0.717) is 23.0 Å². The molecule has 0 unspecified atom stereocenters. The van der Waals surface area contributed by atoms with Crippen LogP contribution in [0.2, 0.25) is 0 Å². The summed E-state index contributed by atoms with van der Waals surface area (Å²) >= 11 is 0. The van der Waals surface area contributed by atoms with Crippen LogP contribution in [-0.4, -0.2) is 27.2 Å². The molecule has 0 saturated heterocycles. The number of para-hydroxylation sites is 1. The van der Waals surface area contributed by atoms with Crippen LogP contribution in [0.5, 0.6) is 11.5 Å². The maximum atomic E-state index is 5.21. The summed E-state index contributed by atoms with van der Waals surface area (Å²) in [6.07, 6.45) is 0. The van der Waals surface area contributed by atoms with E-state index in [2.05, 4.69) is 5.10 Å². The fraction of sp³-hybridized carbons (Fsp3) is 0.300. The number of hydrogen-bond donors (Lipinski definition) is 1. The van der Waals surface area contributed by atoms with Crippen molar-refractivity contribution in [2.45, 2.75) is 0 Å². The third-order valence-electron chi connectivity index (χ3n) is 1.94. The molecule has 0 fully saturated rings. The van der Waals surface area contributed by atoms with Crippen LogP contribution >= 0.6 is 0 Å². The molecule has 0 saturated carbocycles. The highest BCUT2D eigenvalue weighted by Crippen LogP contribution is 2.31. The van der Waals surface area contributed by atoms with Gasteiger partial charge >= 0.3 is 0 Å². The van der Waals surface area contributed by atoms with Gasteiger partial charge in [0.15, 0.2) is 11.5 Å². The van der Waals surface area contributed by atoms with E-state index in [1.165, 1.54) is 7.11 Å². The van der Waals surface area contributed by atoms with Crippen LogP contribution in [-0.2, 0) is 4.74 Å². The predicted octanol–water partition coefficient (Wildman–Crippen LogP) is 0.970. The van der Waals surface area contributed by atoms with Gasteiger partial charge in [-0.25, -0.2) is 0 Å². The first-order valence-electron chi connectivity index (χ1n) is 4.31. The van der Waals surface area contributed by atoms with Crippen molar-refractivity contribution in [3.63, 3.8) is 0 Å². The Bertz CT molecular complexity index is 364. The zero-order valence-corrected chi connectivity index (χ0v) is 8.98. The molecular formula is C10H14N2O3. The molecule has 0 aliphatic rings. The van der Waals surface area contributed by atoms with Crippen LogP contribution in [0.3, 0.4) is 0 Å². The van der Waals surface area contributed by atoms with Crippen molar-refractivity contribution < 1.29 is 14.2 Å². The second-order valence-electron chi connectivity index (χ2n) is 2.68. The fourth-order valence-corrected chi connectivity index (χ4v) is 1.29. The molecule has 0 amide bonds. The second-order valence-corrected chi connectivity index (χ2v) is 2.68. The molecule has 2 N–H and O–H groups in total. The molecule has 0 heterocycles. The largest absolute Gasteiger partial charge is 0.493 e. The number of nitrogens with zero attached hydrogens (tertiary/aromatic N) is 1. The lowest BCUT2D eigenvalue weighted by atomic mass is 10.2. The smallest absolute Gasteiger partial charge is 0.241 e. The molecule has 0 bridgehead atoms. The first-order valence-corrected chi connectivity index (χ1v) is 4.31. The zero-order valence-electron chi connectivity index (χ0n) is 8.98. The second kappa shape index (κ2) is 5.09. The van der Waals surface area contributed by atoms with E-state index in [9.17, 15) is 0 Å². The first kappa shape index (κ1) is 11.2. The average molecular weight is 210 g/mol. The molecule has 1 aromatic rings. The van der Waals surface area contributed by atoms with Crippen molar-refractivity contribution in [3.05, 3.63) is 23.8 Å². The van der Waals surface area contributed by atoms with Gasteiger partial charge in [-0.3, -0.25) is 0 Å². The number of rotatable bonds is 3. The number of methoxy groups -OCH3 is 3. The molecule has 0 aromatic heterocycles. The highest BCUT2D eigenvalue weighted by molar-refractivity contribution is 5.97. The lowest BCUT2D eigenvalue weighted by Crippen LogP contribution is -2.09. The van der Waals surface area contributed by atoms with Crippen molar-refractivity contribution in [1.29, 1.82) is 0 Å². The summed E-state index contributed by atoms with van der Waals surface area (Å²) in [5, 5.41) is 3.52. The lowest BCUT2D eigenvalue weighted by molar-refractivity contribution is 0.350. The van der Waals surface area contributed by atoms with E-state index in [1.807, 2.05) is 0 Å². The Morgan fingerprint density at radius 3 is 2.40 bits per heavy atom. The minimum Gasteiger partial charge on any atom is -0.493 e. The van der Waals surface area contributed by atoms with E-state index in [-0.39, 0.29) is 0 Å². The Labute approximate surface area is 88.4 Å². The minimum atomic E-state index is 0.297. The Balaban J connectivity index is 3.28. The third-order valence-corrected chi connectivity index (χ3v) is 1.94. The maximum absolute atomic E-state index is 5.21. The van der Waals surface area contributed by atoms with Crippen molar-refractivity contribution in [1.82, 2.24) is 0 Å². The van der Waals surface area contributed by atoms with Crippen LogP contribution in [0.15, 0.2) is 23.3 Å². The fourth-order valence-electron chi connectivity index (χ4n) is 1.29. The summed E-state index contributed by atoms with van der Waals surface area (Å²) in [5.74, 6) is 6.65. The van der Waals surface area contributed by atoms with Crippen molar-refractivity contribution in [3.8, 4) is 11.5 Å². The molecule has 5 nitrogen and oxygen atoms in total. The van der Waals surface area contributed by atoms with Crippen molar-refractivity contribution >= 4 is 5.90 Å². The normalized spacial score (nSPS) is 11.0.